The molecule has 1 saturated carbocycles. The second kappa shape index (κ2) is 9.68. The zero-order chi connectivity index (χ0) is 24.5. The molecule has 3 unspecified atom stereocenters. The summed E-state index contributed by atoms with van der Waals surface area (Å²) < 4.78 is -0.502. The van der Waals surface area contributed by atoms with Crippen molar-refractivity contribution in [3.05, 3.63) is 65.2 Å². The van der Waals surface area contributed by atoms with Crippen molar-refractivity contribution in [2.45, 2.75) is 55.5 Å². The lowest BCUT2D eigenvalue weighted by Crippen LogP contribution is -2.59. The van der Waals surface area contributed by atoms with Crippen molar-refractivity contribution < 1.29 is 29.7 Å². The maximum atomic E-state index is 13.4. The van der Waals surface area contributed by atoms with Gasteiger partial charge in [-0.1, -0.05) is 42.8 Å². The number of phenolic OH excluding ortho intramolecular Hbond substituents is 1. The number of nitrogens with zero attached hydrogens (tertiary/aromatic N) is 1. The topological polar surface area (TPSA) is 127 Å². The molecule has 2 fully saturated rings. The Morgan fingerprint density at radius 1 is 1.15 bits per heavy atom. The van der Waals surface area contributed by atoms with Gasteiger partial charge >= 0.3 is 5.97 Å². The van der Waals surface area contributed by atoms with E-state index in [1.807, 2.05) is 30.3 Å². The summed E-state index contributed by atoms with van der Waals surface area (Å²) in [7, 11) is 0. The molecule has 1 aliphatic heterocycles. The van der Waals surface area contributed by atoms with Crippen molar-refractivity contribution in [3.63, 3.8) is 0 Å². The van der Waals surface area contributed by atoms with Crippen LogP contribution in [0.25, 0.3) is 0 Å². The van der Waals surface area contributed by atoms with Crippen LogP contribution in [0.1, 0.15) is 40.7 Å². The quantitative estimate of drug-likeness (QED) is 0.475. The SMILES string of the molecule is Cc1c(O)cccc1C(=O)NC(Cc1ccccc1)C(O)C(=O)N1CSC2(CCC2)C1C(=O)O. The van der Waals surface area contributed by atoms with Gasteiger partial charge < -0.3 is 25.5 Å². The smallest absolute Gasteiger partial charge is 0.327 e. The van der Waals surface area contributed by atoms with Gasteiger partial charge in [0.05, 0.1) is 11.9 Å². The molecule has 1 saturated heterocycles. The molecule has 3 atom stereocenters. The number of benzene rings is 2. The van der Waals surface area contributed by atoms with Gasteiger partial charge in [-0.3, -0.25) is 9.59 Å². The molecule has 0 radical (unpaired) electrons. The predicted molar refractivity (Wildman–Crippen MR) is 128 cm³/mol. The molecule has 9 heteroatoms. The summed E-state index contributed by atoms with van der Waals surface area (Å²) in [5, 5.41) is 33.7. The van der Waals surface area contributed by atoms with E-state index in [0.717, 1.165) is 24.8 Å². The molecular weight excluding hydrogens is 456 g/mol. The third-order valence-corrected chi connectivity index (χ3v) is 8.43. The minimum atomic E-state index is -1.64. The van der Waals surface area contributed by atoms with Gasteiger partial charge in [0.25, 0.3) is 11.8 Å². The molecule has 4 rings (SSSR count). The van der Waals surface area contributed by atoms with Crippen LogP contribution in [-0.2, 0) is 16.0 Å². The Kier molecular flexibility index (Phi) is 6.86. The highest BCUT2D eigenvalue weighted by molar-refractivity contribution is 8.01. The molecule has 180 valence electrons. The number of carboxylic acid groups (broad SMARTS) is 1. The number of carbonyl (C=O) groups excluding carboxylic acids is 2. The predicted octanol–water partition coefficient (Wildman–Crippen LogP) is 2.31. The number of phenols is 1. The number of amides is 2. The van der Waals surface area contributed by atoms with E-state index in [2.05, 4.69) is 5.32 Å². The fourth-order valence-corrected chi connectivity index (χ4v) is 6.33. The maximum Gasteiger partial charge on any atom is 0.327 e. The second-order valence-corrected chi connectivity index (χ2v) is 10.3. The number of carboxylic acids is 1. The monoisotopic (exact) mass is 484 g/mol. The summed E-state index contributed by atoms with van der Waals surface area (Å²) in [6.07, 6.45) is 0.878. The average Bonchev–Trinajstić information content (AvgIpc) is 3.22. The normalized spacial score (nSPS) is 20.4. The number of carbonyl (C=O) groups is 3. The minimum absolute atomic E-state index is 0.0342. The Morgan fingerprint density at radius 2 is 1.85 bits per heavy atom. The number of aliphatic hydroxyl groups is 1. The summed E-state index contributed by atoms with van der Waals surface area (Å²) in [6, 6.07) is 11.7. The largest absolute Gasteiger partial charge is 0.508 e. The van der Waals surface area contributed by atoms with E-state index >= 15 is 0 Å². The third-order valence-electron chi connectivity index (χ3n) is 6.82. The number of hydrogen-bond donors (Lipinski definition) is 4. The van der Waals surface area contributed by atoms with Crippen LogP contribution in [0.4, 0.5) is 0 Å². The van der Waals surface area contributed by atoms with Crippen LogP contribution in [-0.4, -0.2) is 66.8 Å². The second-order valence-electron chi connectivity index (χ2n) is 8.90. The number of rotatable bonds is 7. The molecule has 2 aliphatic rings. The van der Waals surface area contributed by atoms with Gasteiger partial charge in [-0.25, -0.2) is 4.79 Å². The molecular formula is C25H28N2O6S. The van der Waals surface area contributed by atoms with E-state index in [1.165, 1.54) is 22.7 Å². The van der Waals surface area contributed by atoms with Crippen molar-refractivity contribution in [2.24, 2.45) is 0 Å². The summed E-state index contributed by atoms with van der Waals surface area (Å²) >= 11 is 1.45. The molecule has 8 nitrogen and oxygen atoms in total. The first-order chi connectivity index (χ1) is 16.2. The Balaban J connectivity index is 1.59. The van der Waals surface area contributed by atoms with Crippen LogP contribution in [0.2, 0.25) is 0 Å². The van der Waals surface area contributed by atoms with Crippen LogP contribution in [0.3, 0.4) is 0 Å². The van der Waals surface area contributed by atoms with Crippen molar-refractivity contribution in [2.75, 3.05) is 5.88 Å². The van der Waals surface area contributed by atoms with Gasteiger partial charge in [0.15, 0.2) is 6.10 Å². The van der Waals surface area contributed by atoms with E-state index in [0.29, 0.717) is 5.56 Å². The van der Waals surface area contributed by atoms with Gasteiger partial charge in [-0.05, 0) is 43.9 Å². The number of nitrogens with one attached hydrogen (secondary N) is 1. The van der Waals surface area contributed by atoms with Crippen LogP contribution in [0, 0.1) is 6.92 Å². The highest BCUT2D eigenvalue weighted by atomic mass is 32.2. The number of aliphatic carboxylic acids is 1. The summed E-state index contributed by atoms with van der Waals surface area (Å²) in [5.74, 6) is -2.18. The van der Waals surface area contributed by atoms with Gasteiger partial charge in [0.1, 0.15) is 11.8 Å². The molecule has 2 amide bonds. The lowest BCUT2D eigenvalue weighted by molar-refractivity contribution is -0.155. The molecule has 1 heterocycles. The van der Waals surface area contributed by atoms with Gasteiger partial charge in [0, 0.05) is 15.9 Å². The lowest BCUT2D eigenvalue weighted by atomic mass is 9.78. The maximum absolute atomic E-state index is 13.4. The Labute approximate surface area is 202 Å². The van der Waals surface area contributed by atoms with Crippen LogP contribution in [0.5, 0.6) is 5.75 Å². The van der Waals surface area contributed by atoms with E-state index in [1.54, 1.807) is 19.1 Å². The van der Waals surface area contributed by atoms with Crippen molar-refractivity contribution in [3.8, 4) is 5.75 Å². The molecule has 0 bridgehead atoms. The zero-order valence-electron chi connectivity index (χ0n) is 18.8. The first-order valence-electron chi connectivity index (χ1n) is 11.2. The van der Waals surface area contributed by atoms with E-state index in [9.17, 15) is 29.7 Å². The van der Waals surface area contributed by atoms with Crippen molar-refractivity contribution >= 4 is 29.5 Å². The van der Waals surface area contributed by atoms with Gasteiger partial charge in [0.2, 0.25) is 0 Å². The van der Waals surface area contributed by atoms with E-state index in [-0.39, 0.29) is 23.6 Å². The minimum Gasteiger partial charge on any atom is -0.508 e. The fraction of sp³-hybridized carbons (Fsp3) is 0.400. The standard InChI is InChI=1S/C25H28N2O6S/c1-15-17(9-5-10-19(15)28)22(30)26-18(13-16-7-3-2-4-8-16)20(29)23(31)27-14-34-25(11-6-12-25)21(27)24(32)33/h2-5,7-10,18,20-21,28-29H,6,11-14H2,1H3,(H,26,30)(H,32,33). The van der Waals surface area contributed by atoms with Crippen LogP contribution < -0.4 is 5.32 Å². The highest BCUT2D eigenvalue weighted by Gasteiger charge is 2.57. The molecule has 2 aromatic carbocycles. The van der Waals surface area contributed by atoms with Gasteiger partial charge in [-0.15, -0.1) is 11.8 Å². The first kappa shape index (κ1) is 24.1. The summed E-state index contributed by atoms with van der Waals surface area (Å²) in [4.78, 5) is 39.7. The molecule has 1 spiro atoms. The summed E-state index contributed by atoms with van der Waals surface area (Å²) in [5.41, 5.74) is 1.41. The van der Waals surface area contributed by atoms with Crippen LogP contribution >= 0.6 is 11.8 Å². The average molecular weight is 485 g/mol. The van der Waals surface area contributed by atoms with E-state index < -0.39 is 40.7 Å². The molecule has 4 N–H and O–H groups in total. The van der Waals surface area contributed by atoms with Gasteiger partial charge in [-0.2, -0.15) is 0 Å². The Morgan fingerprint density at radius 3 is 2.47 bits per heavy atom. The Hall–Kier alpha value is -3.04. The number of aromatic hydroxyl groups is 1. The molecule has 1 aliphatic carbocycles. The zero-order valence-corrected chi connectivity index (χ0v) is 19.6. The first-order valence-corrected chi connectivity index (χ1v) is 12.2. The van der Waals surface area contributed by atoms with Crippen molar-refractivity contribution in [1.29, 1.82) is 0 Å². The number of hydrogen-bond acceptors (Lipinski definition) is 6. The third kappa shape index (κ3) is 4.50. The lowest BCUT2D eigenvalue weighted by Gasteiger charge is -2.41. The molecule has 34 heavy (non-hydrogen) atoms. The number of thioether (sulfide) groups is 1. The summed E-state index contributed by atoms with van der Waals surface area (Å²) in [6.45, 7) is 1.61. The van der Waals surface area contributed by atoms with Crippen LogP contribution in [0.15, 0.2) is 48.5 Å². The molecule has 0 aromatic heterocycles. The Bertz CT molecular complexity index is 1090. The van der Waals surface area contributed by atoms with E-state index in [4.69, 9.17) is 0 Å². The highest BCUT2D eigenvalue weighted by Crippen LogP contribution is 2.53. The fourth-order valence-electron chi connectivity index (χ4n) is 4.69. The van der Waals surface area contributed by atoms with Crippen molar-refractivity contribution in [1.82, 2.24) is 10.2 Å². The molecule has 2 aromatic rings. The number of aliphatic hydroxyl groups excluding tert-OH is 1.